The molecule has 1 saturated heterocycles. The molecule has 2 bridgehead atoms. The average Bonchev–Trinajstić information content (AvgIpc) is 3.92. The van der Waals surface area contributed by atoms with E-state index in [0.29, 0.717) is 37.1 Å². The quantitative estimate of drug-likeness (QED) is 0.161. The standard InChI is InChI=1S/C47H59N5O8/c1-8-29-21-30-24-46(42(54)58-6,38-32(15-19-51(25-29)26-30)31-13-10-11-14-35(31)49-38)34-22-33-36(23-37(34)57-5)50(4)40-45(33)17-20-52-18-12-16-44(9-2,39(45)52)41(60-28(3)53)47(40,56)27-48-43(55)59-7/h10-14,16,21-23,30,39-41,49,56H,8-9,15,17-20,24-27H2,1-7H3,(H,48,55)/t30-,39-,40+,41+,44+,45+,46-,47?/m0/s1. The summed E-state index contributed by atoms with van der Waals surface area (Å²) < 4.78 is 23.8. The lowest BCUT2D eigenvalue weighted by molar-refractivity contribution is -0.217. The number of aromatic amines is 1. The summed E-state index contributed by atoms with van der Waals surface area (Å²) in [6, 6.07) is 11.6. The molecule has 2 fully saturated rings. The highest BCUT2D eigenvalue weighted by Gasteiger charge is 2.78. The predicted octanol–water partition coefficient (Wildman–Crippen LogP) is 4.98. The van der Waals surface area contributed by atoms with Gasteiger partial charge in [0.1, 0.15) is 22.9 Å². The Morgan fingerprint density at radius 3 is 2.55 bits per heavy atom. The fourth-order valence-electron chi connectivity index (χ4n) is 13.3. The number of amides is 1. The highest BCUT2D eigenvalue weighted by molar-refractivity contribution is 5.94. The van der Waals surface area contributed by atoms with Crippen LogP contribution in [0.5, 0.6) is 5.75 Å². The van der Waals surface area contributed by atoms with Gasteiger partial charge in [0.05, 0.1) is 33.9 Å². The van der Waals surface area contributed by atoms with E-state index in [1.165, 1.54) is 26.7 Å². The Hall–Kier alpha value is -4.85. The van der Waals surface area contributed by atoms with Crippen LogP contribution in [-0.4, -0.2) is 129 Å². The van der Waals surface area contributed by atoms with Crippen molar-refractivity contribution in [3.05, 3.63) is 82.6 Å². The maximum absolute atomic E-state index is 15.3. The molecule has 9 atom stereocenters. The Morgan fingerprint density at radius 1 is 1.03 bits per heavy atom. The monoisotopic (exact) mass is 821 g/mol. The number of methoxy groups -OCH3 is 3. The number of nitrogens with one attached hydrogen (secondary N) is 2. The van der Waals surface area contributed by atoms with Crippen LogP contribution in [0.1, 0.15) is 68.8 Å². The molecule has 3 aromatic rings. The number of alkyl carbamates (subject to hydrolysis) is 1. The van der Waals surface area contributed by atoms with Crippen LogP contribution in [0.15, 0.2) is 60.2 Å². The summed E-state index contributed by atoms with van der Waals surface area (Å²) in [6.07, 6.45) is 8.26. The van der Waals surface area contributed by atoms with Crippen molar-refractivity contribution in [3.63, 3.8) is 0 Å². The molecule has 1 amide bonds. The molecule has 320 valence electrons. The number of likely N-dealkylation sites (N-methyl/N-ethyl adjacent to an activating group) is 1. The smallest absolute Gasteiger partial charge is 0.406 e. The van der Waals surface area contributed by atoms with Crippen LogP contribution in [-0.2, 0) is 41.1 Å². The van der Waals surface area contributed by atoms with Crippen LogP contribution >= 0.6 is 0 Å². The van der Waals surface area contributed by atoms with Gasteiger partial charge < -0.3 is 39.3 Å². The first-order chi connectivity index (χ1) is 28.9. The lowest BCUT2D eigenvalue weighted by atomic mass is 9.47. The highest BCUT2D eigenvalue weighted by Crippen LogP contribution is 2.68. The fraction of sp³-hybridized carbons (Fsp3) is 0.553. The molecule has 13 heteroatoms. The number of ether oxygens (including phenoxy) is 4. The minimum atomic E-state index is -1.80. The maximum atomic E-state index is 15.3. The number of aliphatic hydroxyl groups is 1. The van der Waals surface area contributed by atoms with Gasteiger partial charge in [-0.1, -0.05) is 55.8 Å². The molecule has 5 aliphatic heterocycles. The van der Waals surface area contributed by atoms with Crippen LogP contribution < -0.4 is 15.0 Å². The minimum absolute atomic E-state index is 0.0311. The summed E-state index contributed by atoms with van der Waals surface area (Å²) in [6.45, 7) is 9.41. The summed E-state index contributed by atoms with van der Waals surface area (Å²) in [4.78, 5) is 52.2. The first-order valence-electron chi connectivity index (χ1n) is 21.6. The van der Waals surface area contributed by atoms with Crippen molar-refractivity contribution < 1.29 is 38.4 Å². The van der Waals surface area contributed by atoms with E-state index < -0.39 is 46.1 Å². The molecule has 9 rings (SSSR count). The van der Waals surface area contributed by atoms with Gasteiger partial charge in [0.25, 0.3) is 0 Å². The number of esters is 2. The molecular formula is C47H59N5O8. The van der Waals surface area contributed by atoms with E-state index in [-0.39, 0.29) is 24.5 Å². The highest BCUT2D eigenvalue weighted by atomic mass is 16.6. The van der Waals surface area contributed by atoms with Crippen molar-refractivity contribution in [2.45, 2.75) is 87.5 Å². The van der Waals surface area contributed by atoms with E-state index in [0.717, 1.165) is 72.4 Å². The van der Waals surface area contributed by atoms with E-state index in [9.17, 15) is 14.7 Å². The van der Waals surface area contributed by atoms with Gasteiger partial charge in [-0.2, -0.15) is 0 Å². The number of rotatable bonds is 8. The predicted molar refractivity (Wildman–Crippen MR) is 227 cm³/mol. The van der Waals surface area contributed by atoms with Gasteiger partial charge in [-0.05, 0) is 67.8 Å². The number of fused-ring (bicyclic) bond motifs is 6. The topological polar surface area (TPSA) is 146 Å². The number of hydrogen-bond donors (Lipinski definition) is 3. The van der Waals surface area contributed by atoms with Gasteiger partial charge in [0.15, 0.2) is 0 Å². The zero-order chi connectivity index (χ0) is 42.4. The summed E-state index contributed by atoms with van der Waals surface area (Å²) in [5, 5.41) is 17.5. The van der Waals surface area contributed by atoms with E-state index in [1.54, 1.807) is 7.11 Å². The van der Waals surface area contributed by atoms with Crippen LogP contribution in [0, 0.1) is 11.3 Å². The number of para-hydroxylation sites is 1. The van der Waals surface area contributed by atoms with E-state index in [1.807, 2.05) is 19.2 Å². The Morgan fingerprint density at radius 2 is 1.83 bits per heavy atom. The SMILES string of the molecule is CCC1=C[C@@H]2CN(CCc3c([nH]c4ccccc34)[C@@](C(=O)OC)(c3cc4c(cc3OC)N(C)[C@H]3C(O)(CNC(=O)OC)[C@H](OC(C)=O)[C@]5(CC)C=CCN6CC[C@]43[C@@H]65)C2)C1. The van der Waals surface area contributed by atoms with E-state index in [2.05, 4.69) is 81.3 Å². The summed E-state index contributed by atoms with van der Waals surface area (Å²) >= 11 is 0. The molecule has 1 saturated carbocycles. The summed E-state index contributed by atoms with van der Waals surface area (Å²) in [5.74, 6) is -0.319. The number of H-pyrrole nitrogens is 1. The third-order valence-corrected chi connectivity index (χ3v) is 15.4. The number of nitrogens with zero attached hydrogens (tertiary/aromatic N) is 3. The van der Waals surface area contributed by atoms with Crippen molar-refractivity contribution >= 4 is 34.6 Å². The summed E-state index contributed by atoms with van der Waals surface area (Å²) in [5.41, 5.74) is 2.05. The zero-order valence-corrected chi connectivity index (χ0v) is 35.9. The third-order valence-electron chi connectivity index (χ3n) is 15.4. The van der Waals surface area contributed by atoms with Gasteiger partial charge in [-0.3, -0.25) is 19.4 Å². The largest absolute Gasteiger partial charge is 0.496 e. The number of anilines is 1. The molecule has 6 aliphatic rings. The Kier molecular flexibility index (Phi) is 9.91. The van der Waals surface area contributed by atoms with Crippen LogP contribution in [0.2, 0.25) is 0 Å². The van der Waals surface area contributed by atoms with Crippen molar-refractivity contribution in [1.82, 2.24) is 20.1 Å². The number of carbonyl (C=O) groups excluding carboxylic acids is 3. The Bertz CT molecular complexity index is 2300. The molecule has 0 radical (unpaired) electrons. The minimum Gasteiger partial charge on any atom is -0.496 e. The van der Waals surface area contributed by atoms with Crippen LogP contribution in [0.25, 0.3) is 10.9 Å². The third kappa shape index (κ3) is 5.50. The summed E-state index contributed by atoms with van der Waals surface area (Å²) in [7, 11) is 6.38. The van der Waals surface area contributed by atoms with Crippen molar-refractivity contribution in [2.24, 2.45) is 11.3 Å². The molecular weight excluding hydrogens is 763 g/mol. The van der Waals surface area contributed by atoms with Crippen LogP contribution in [0.3, 0.4) is 0 Å². The molecule has 6 heterocycles. The molecule has 1 spiro atoms. The molecule has 1 aliphatic carbocycles. The molecule has 2 unspecified atom stereocenters. The van der Waals surface area contributed by atoms with Gasteiger partial charge in [-0.15, -0.1) is 0 Å². The fourth-order valence-corrected chi connectivity index (χ4v) is 13.3. The molecule has 2 aromatic carbocycles. The van der Waals surface area contributed by atoms with E-state index >= 15 is 4.79 Å². The maximum Gasteiger partial charge on any atom is 0.406 e. The van der Waals surface area contributed by atoms with Crippen molar-refractivity contribution in [2.75, 3.05) is 72.5 Å². The van der Waals surface area contributed by atoms with Gasteiger partial charge in [0, 0.05) is 90.9 Å². The number of aromatic nitrogens is 1. The zero-order valence-electron chi connectivity index (χ0n) is 35.9. The second-order valence-corrected chi connectivity index (χ2v) is 18.0. The number of hydrogen-bond acceptors (Lipinski definition) is 11. The lowest BCUT2D eigenvalue weighted by Gasteiger charge is -2.64. The second-order valence-electron chi connectivity index (χ2n) is 18.0. The van der Waals surface area contributed by atoms with Gasteiger partial charge >= 0.3 is 18.0 Å². The lowest BCUT2D eigenvalue weighted by Crippen LogP contribution is -2.81. The molecule has 60 heavy (non-hydrogen) atoms. The van der Waals surface area contributed by atoms with Gasteiger partial charge in [-0.25, -0.2) is 4.79 Å². The van der Waals surface area contributed by atoms with Crippen LogP contribution in [0.4, 0.5) is 10.5 Å². The van der Waals surface area contributed by atoms with Gasteiger partial charge in [0.2, 0.25) is 0 Å². The Balaban J connectivity index is 1.35. The number of carbonyl (C=O) groups is 3. The normalized spacial score (nSPS) is 33.9. The van der Waals surface area contributed by atoms with E-state index in [4.69, 9.17) is 18.9 Å². The molecule has 3 N–H and O–H groups in total. The average molecular weight is 822 g/mol. The first-order valence-corrected chi connectivity index (χ1v) is 21.6. The number of benzene rings is 2. The van der Waals surface area contributed by atoms with Crippen molar-refractivity contribution in [1.29, 1.82) is 0 Å². The molecule has 13 nitrogen and oxygen atoms in total. The first kappa shape index (κ1) is 40.6. The molecule has 1 aromatic heterocycles. The van der Waals surface area contributed by atoms with Crippen molar-refractivity contribution in [3.8, 4) is 5.75 Å². The Labute approximate surface area is 352 Å². The second kappa shape index (κ2) is 14.7.